The zero-order valence-electron chi connectivity index (χ0n) is 9.36. The second-order valence-electron chi connectivity index (χ2n) is 3.09. The number of nitro groups is 1. The first kappa shape index (κ1) is 12.7. The number of anilines is 1. The standard InChI is InChI=1S/C9H9N5O2S2/c1-2-10-8-12-13-9(18-8)17-7-6(14(15)16)4-3-5-11-7/h3-5H,2H2,1H3,(H,10,12). The largest absolute Gasteiger partial charge is 0.360 e. The van der Waals surface area contributed by atoms with Crippen molar-refractivity contribution < 1.29 is 4.92 Å². The molecule has 0 unspecified atom stereocenters. The van der Waals surface area contributed by atoms with Crippen LogP contribution in [-0.2, 0) is 0 Å². The van der Waals surface area contributed by atoms with Crippen LogP contribution < -0.4 is 5.32 Å². The van der Waals surface area contributed by atoms with Gasteiger partial charge in [0.1, 0.15) is 0 Å². The van der Waals surface area contributed by atoms with Crippen molar-refractivity contribution in [3.8, 4) is 0 Å². The molecule has 2 heterocycles. The summed E-state index contributed by atoms with van der Waals surface area (Å²) in [5.41, 5.74) is -0.0253. The predicted octanol–water partition coefficient (Wildman–Crippen LogP) is 2.42. The van der Waals surface area contributed by atoms with E-state index in [1.54, 1.807) is 0 Å². The Morgan fingerprint density at radius 3 is 3.11 bits per heavy atom. The fraction of sp³-hybridized carbons (Fsp3) is 0.222. The van der Waals surface area contributed by atoms with Crippen LogP contribution in [0.1, 0.15) is 6.92 Å². The molecular formula is C9H9N5O2S2. The number of pyridine rings is 1. The fourth-order valence-electron chi connectivity index (χ4n) is 1.16. The summed E-state index contributed by atoms with van der Waals surface area (Å²) in [5.74, 6) is 0. The summed E-state index contributed by atoms with van der Waals surface area (Å²) in [6.07, 6.45) is 1.52. The van der Waals surface area contributed by atoms with Gasteiger partial charge in [0.15, 0.2) is 9.37 Å². The van der Waals surface area contributed by atoms with Gasteiger partial charge >= 0.3 is 5.69 Å². The molecule has 94 valence electrons. The van der Waals surface area contributed by atoms with E-state index in [1.807, 2.05) is 6.92 Å². The Balaban J connectivity index is 2.20. The highest BCUT2D eigenvalue weighted by Gasteiger charge is 2.17. The molecule has 0 radical (unpaired) electrons. The first-order chi connectivity index (χ1) is 8.70. The lowest BCUT2D eigenvalue weighted by Crippen LogP contribution is -1.94. The lowest BCUT2D eigenvalue weighted by Gasteiger charge is -1.97. The van der Waals surface area contributed by atoms with Gasteiger partial charge in [0.2, 0.25) is 5.13 Å². The van der Waals surface area contributed by atoms with E-state index in [4.69, 9.17) is 0 Å². The minimum atomic E-state index is -0.457. The minimum Gasteiger partial charge on any atom is -0.360 e. The molecule has 9 heteroatoms. The van der Waals surface area contributed by atoms with Gasteiger partial charge in [0, 0.05) is 18.8 Å². The van der Waals surface area contributed by atoms with Crippen LogP contribution in [0.5, 0.6) is 0 Å². The molecule has 0 saturated heterocycles. The van der Waals surface area contributed by atoms with Crippen LogP contribution in [0.4, 0.5) is 10.8 Å². The van der Waals surface area contributed by atoms with E-state index in [-0.39, 0.29) is 5.69 Å². The fourth-order valence-corrected chi connectivity index (χ4v) is 2.95. The molecule has 2 rings (SSSR count). The van der Waals surface area contributed by atoms with Crippen molar-refractivity contribution in [2.24, 2.45) is 0 Å². The first-order valence-electron chi connectivity index (χ1n) is 5.05. The molecule has 2 aromatic rings. The number of aromatic nitrogens is 3. The zero-order valence-corrected chi connectivity index (χ0v) is 11.0. The maximum absolute atomic E-state index is 10.8. The van der Waals surface area contributed by atoms with Crippen LogP contribution in [-0.4, -0.2) is 26.6 Å². The quantitative estimate of drug-likeness (QED) is 0.665. The molecule has 2 aromatic heterocycles. The lowest BCUT2D eigenvalue weighted by molar-refractivity contribution is -0.388. The molecule has 0 aliphatic carbocycles. The maximum atomic E-state index is 10.8. The Hall–Kier alpha value is -1.74. The first-order valence-corrected chi connectivity index (χ1v) is 6.68. The van der Waals surface area contributed by atoms with Gasteiger partial charge in [-0.1, -0.05) is 11.3 Å². The number of rotatable bonds is 5. The van der Waals surface area contributed by atoms with Crippen molar-refractivity contribution in [1.82, 2.24) is 15.2 Å². The molecule has 0 atom stereocenters. The van der Waals surface area contributed by atoms with Crippen molar-refractivity contribution in [2.45, 2.75) is 16.3 Å². The molecule has 1 N–H and O–H groups in total. The van der Waals surface area contributed by atoms with Crippen LogP contribution in [0.15, 0.2) is 27.7 Å². The van der Waals surface area contributed by atoms with E-state index < -0.39 is 4.92 Å². The highest BCUT2D eigenvalue weighted by Crippen LogP contribution is 2.35. The summed E-state index contributed by atoms with van der Waals surface area (Å²) in [6, 6.07) is 2.95. The Labute approximate surface area is 111 Å². The highest BCUT2D eigenvalue weighted by atomic mass is 32.2. The van der Waals surface area contributed by atoms with Crippen molar-refractivity contribution in [1.29, 1.82) is 0 Å². The molecule has 0 aliphatic heterocycles. The van der Waals surface area contributed by atoms with Crippen molar-refractivity contribution in [3.63, 3.8) is 0 Å². The third-order valence-electron chi connectivity index (χ3n) is 1.87. The van der Waals surface area contributed by atoms with Crippen molar-refractivity contribution in [3.05, 3.63) is 28.4 Å². The average molecular weight is 283 g/mol. The molecule has 0 spiro atoms. The molecule has 18 heavy (non-hydrogen) atoms. The van der Waals surface area contributed by atoms with Gasteiger partial charge in [-0.25, -0.2) is 4.98 Å². The Kier molecular flexibility index (Phi) is 4.05. The van der Waals surface area contributed by atoms with Gasteiger partial charge in [-0.3, -0.25) is 10.1 Å². The van der Waals surface area contributed by atoms with Gasteiger partial charge in [-0.2, -0.15) is 0 Å². The maximum Gasteiger partial charge on any atom is 0.301 e. The highest BCUT2D eigenvalue weighted by molar-refractivity contribution is 8.01. The summed E-state index contributed by atoms with van der Waals surface area (Å²) >= 11 is 2.48. The van der Waals surface area contributed by atoms with E-state index in [0.29, 0.717) is 14.5 Å². The Morgan fingerprint density at radius 1 is 1.56 bits per heavy atom. The number of nitrogens with zero attached hydrogens (tertiary/aromatic N) is 4. The second-order valence-corrected chi connectivity index (χ2v) is 5.30. The monoisotopic (exact) mass is 283 g/mol. The molecule has 0 aromatic carbocycles. The van der Waals surface area contributed by atoms with E-state index in [2.05, 4.69) is 20.5 Å². The molecule has 0 fully saturated rings. The van der Waals surface area contributed by atoms with Crippen LogP contribution in [0.25, 0.3) is 0 Å². The van der Waals surface area contributed by atoms with Gasteiger partial charge < -0.3 is 5.32 Å². The smallest absolute Gasteiger partial charge is 0.301 e. The second kappa shape index (κ2) is 5.74. The Morgan fingerprint density at radius 2 is 2.39 bits per heavy atom. The van der Waals surface area contributed by atoms with E-state index in [0.717, 1.165) is 18.3 Å². The molecule has 0 bridgehead atoms. The predicted molar refractivity (Wildman–Crippen MR) is 69.1 cm³/mol. The van der Waals surface area contributed by atoms with Gasteiger partial charge in [-0.05, 0) is 24.8 Å². The third-order valence-corrected chi connectivity index (χ3v) is 3.81. The van der Waals surface area contributed by atoms with Crippen molar-refractivity contribution >= 4 is 33.9 Å². The minimum absolute atomic E-state index is 0.0253. The molecular weight excluding hydrogens is 274 g/mol. The van der Waals surface area contributed by atoms with Crippen LogP contribution in [0.3, 0.4) is 0 Å². The average Bonchev–Trinajstić information content (AvgIpc) is 2.77. The van der Waals surface area contributed by atoms with Crippen LogP contribution in [0.2, 0.25) is 0 Å². The number of hydrogen-bond acceptors (Lipinski definition) is 8. The van der Waals surface area contributed by atoms with Gasteiger partial charge in [-0.15, -0.1) is 10.2 Å². The number of hydrogen-bond donors (Lipinski definition) is 1. The van der Waals surface area contributed by atoms with E-state index in [9.17, 15) is 10.1 Å². The van der Waals surface area contributed by atoms with Crippen LogP contribution in [0, 0.1) is 10.1 Å². The molecule has 7 nitrogen and oxygen atoms in total. The molecule has 0 amide bonds. The Bertz CT molecular complexity index is 559. The van der Waals surface area contributed by atoms with Crippen molar-refractivity contribution in [2.75, 3.05) is 11.9 Å². The topological polar surface area (TPSA) is 93.8 Å². The summed E-state index contributed by atoms with van der Waals surface area (Å²) in [5, 5.41) is 22.7. The van der Waals surface area contributed by atoms with Crippen LogP contribution >= 0.6 is 23.1 Å². The van der Waals surface area contributed by atoms with Gasteiger partial charge in [0.05, 0.1) is 4.92 Å². The van der Waals surface area contributed by atoms with E-state index in [1.165, 1.54) is 29.7 Å². The van der Waals surface area contributed by atoms with Gasteiger partial charge in [0.25, 0.3) is 0 Å². The SMILES string of the molecule is CCNc1nnc(Sc2ncccc2[N+](=O)[O-])s1. The summed E-state index contributed by atoms with van der Waals surface area (Å²) in [7, 11) is 0. The third kappa shape index (κ3) is 2.93. The summed E-state index contributed by atoms with van der Waals surface area (Å²) in [6.45, 7) is 2.71. The summed E-state index contributed by atoms with van der Waals surface area (Å²) in [4.78, 5) is 14.4. The molecule has 0 aliphatic rings. The zero-order chi connectivity index (χ0) is 13.0. The summed E-state index contributed by atoms with van der Waals surface area (Å²) < 4.78 is 0.618. The van der Waals surface area contributed by atoms with E-state index >= 15 is 0 Å². The number of nitrogens with one attached hydrogen (secondary N) is 1. The normalized spacial score (nSPS) is 10.3. The lowest BCUT2D eigenvalue weighted by atomic mass is 10.4. The molecule has 0 saturated carbocycles.